The Hall–Kier alpha value is -0.0100. The quantitative estimate of drug-likeness (QED) is 0.667. The van der Waals surface area contributed by atoms with Crippen molar-refractivity contribution >= 4 is 40.7 Å². The van der Waals surface area contributed by atoms with Crippen LogP contribution in [0.5, 0.6) is 0 Å². The molecule has 0 saturated carbocycles. The van der Waals surface area contributed by atoms with Gasteiger partial charge in [0.25, 0.3) is 0 Å². The normalized spacial score (nSPS) is 17.1. The van der Waals surface area contributed by atoms with E-state index in [-0.39, 0.29) is 30.9 Å². The van der Waals surface area contributed by atoms with Gasteiger partial charge in [-0.1, -0.05) is 29.8 Å². The Kier molecular flexibility index (Phi) is 10.2. The molecule has 0 unspecified atom stereocenters. The fourth-order valence-corrected chi connectivity index (χ4v) is 3.42. The van der Waals surface area contributed by atoms with E-state index in [4.69, 9.17) is 0 Å². The molecular weight excluding hydrogens is 428 g/mol. The molecule has 140 valence electrons. The summed E-state index contributed by atoms with van der Waals surface area (Å²) in [6.07, 6.45) is -3.46. The minimum Gasteiger partial charge on any atom is -0.314 e. The summed E-state index contributed by atoms with van der Waals surface area (Å²) in [5.41, 5.74) is 0.165. The molecule has 0 spiro atoms. The minimum absolute atomic E-state index is 0. The third kappa shape index (κ3) is 6.71. The Bertz CT molecular complexity index is 507. The smallest absolute Gasteiger partial charge is 0.314 e. The van der Waals surface area contributed by atoms with Crippen molar-refractivity contribution in [2.24, 2.45) is 5.92 Å². The zero-order valence-corrected chi connectivity index (χ0v) is 16.9. The Morgan fingerprint density at radius 2 is 1.71 bits per heavy atom. The number of nitrogens with zero attached hydrogens (tertiary/aromatic N) is 1. The van der Waals surface area contributed by atoms with Crippen LogP contribution in [0.25, 0.3) is 0 Å². The van der Waals surface area contributed by atoms with Crippen LogP contribution in [0.3, 0.4) is 0 Å². The molecule has 0 aliphatic carbocycles. The van der Waals surface area contributed by atoms with E-state index in [1.165, 1.54) is 6.07 Å². The maximum Gasteiger partial charge on any atom is 0.416 e. The van der Waals surface area contributed by atoms with E-state index >= 15 is 0 Å². The lowest BCUT2D eigenvalue weighted by atomic mass is 9.94. The van der Waals surface area contributed by atoms with Crippen LogP contribution in [-0.4, -0.2) is 31.1 Å². The summed E-state index contributed by atoms with van der Waals surface area (Å²) >= 11 is 3.23. The van der Waals surface area contributed by atoms with Crippen LogP contribution >= 0.6 is 40.7 Å². The van der Waals surface area contributed by atoms with Crippen molar-refractivity contribution in [3.63, 3.8) is 0 Å². The van der Waals surface area contributed by atoms with Gasteiger partial charge in [0, 0.05) is 36.7 Å². The van der Waals surface area contributed by atoms with Crippen molar-refractivity contribution in [3.05, 3.63) is 33.8 Å². The molecule has 1 aliphatic rings. The van der Waals surface area contributed by atoms with Gasteiger partial charge in [-0.05, 0) is 36.1 Å². The second kappa shape index (κ2) is 10.2. The van der Waals surface area contributed by atoms with E-state index in [9.17, 15) is 13.2 Å². The molecule has 1 fully saturated rings. The van der Waals surface area contributed by atoms with Crippen molar-refractivity contribution in [2.45, 2.75) is 32.5 Å². The van der Waals surface area contributed by atoms with Gasteiger partial charge >= 0.3 is 6.18 Å². The molecule has 1 heterocycles. The number of hydrogen-bond donors (Lipinski definition) is 1. The van der Waals surface area contributed by atoms with Crippen LogP contribution in [0.15, 0.2) is 22.7 Å². The molecule has 0 bridgehead atoms. The lowest BCUT2D eigenvalue weighted by Crippen LogP contribution is -2.45. The fourth-order valence-electron chi connectivity index (χ4n) is 2.90. The highest BCUT2D eigenvalue weighted by atomic mass is 79.9. The number of rotatable bonds is 4. The van der Waals surface area contributed by atoms with Crippen LogP contribution in [0, 0.1) is 5.92 Å². The number of benzene rings is 1. The van der Waals surface area contributed by atoms with Gasteiger partial charge in [0.15, 0.2) is 0 Å². The zero-order valence-electron chi connectivity index (χ0n) is 13.7. The van der Waals surface area contributed by atoms with Gasteiger partial charge in [-0.3, -0.25) is 4.90 Å². The maximum absolute atomic E-state index is 13.1. The van der Waals surface area contributed by atoms with Crippen LogP contribution in [0.2, 0.25) is 0 Å². The van der Waals surface area contributed by atoms with E-state index < -0.39 is 11.7 Å². The lowest BCUT2D eigenvalue weighted by molar-refractivity contribution is -0.137. The predicted molar refractivity (Wildman–Crippen MR) is 100 cm³/mol. The lowest BCUT2D eigenvalue weighted by Gasteiger charge is -2.36. The molecule has 1 N–H and O–H groups in total. The Balaban J connectivity index is 0.00000264. The number of nitrogens with one attached hydrogen (secondary N) is 1. The van der Waals surface area contributed by atoms with Crippen molar-refractivity contribution in [3.8, 4) is 0 Å². The molecule has 2 rings (SSSR count). The summed E-state index contributed by atoms with van der Waals surface area (Å²) in [6, 6.07) is 4.30. The van der Waals surface area contributed by atoms with E-state index in [1.54, 1.807) is 0 Å². The highest BCUT2D eigenvalue weighted by Gasteiger charge is 2.32. The number of piperazine rings is 1. The van der Waals surface area contributed by atoms with Crippen LogP contribution in [-0.2, 0) is 6.18 Å². The van der Waals surface area contributed by atoms with E-state index in [0.717, 1.165) is 44.2 Å². The average Bonchev–Trinajstić information content (AvgIpc) is 2.44. The topological polar surface area (TPSA) is 15.3 Å². The SMILES string of the molecule is CC(C)C[C@H](c1cc(Br)cc(C(F)(F)F)c1)N1CCNCC1.Cl.Cl. The Morgan fingerprint density at radius 1 is 1.12 bits per heavy atom. The molecule has 0 aromatic heterocycles. The third-order valence-corrected chi connectivity index (χ3v) is 4.38. The standard InChI is InChI=1S/C16H22BrF3N2.2ClH/c1-11(2)7-15(22-5-3-21-4-6-22)12-8-13(16(18,19)20)10-14(17)9-12;;/h8-11,15,21H,3-7H2,1-2H3;2*1H/t15-;;/m1../s1. The minimum atomic E-state index is -4.32. The van der Waals surface area contributed by atoms with Gasteiger partial charge in [0.1, 0.15) is 0 Å². The fraction of sp³-hybridized carbons (Fsp3) is 0.625. The summed E-state index contributed by atoms with van der Waals surface area (Å²) in [5.74, 6) is 0.424. The molecule has 24 heavy (non-hydrogen) atoms. The van der Waals surface area contributed by atoms with E-state index in [1.807, 2.05) is 6.07 Å². The predicted octanol–water partition coefficient (Wildman–Crippen LogP) is 5.30. The molecular formula is C16H24BrCl2F3N2. The number of halogens is 6. The first-order valence-corrected chi connectivity index (χ1v) is 8.39. The summed E-state index contributed by atoms with van der Waals surface area (Å²) in [7, 11) is 0. The van der Waals surface area contributed by atoms with Crippen LogP contribution in [0.4, 0.5) is 13.2 Å². The molecule has 1 atom stereocenters. The summed E-state index contributed by atoms with van der Waals surface area (Å²) in [5, 5.41) is 3.29. The highest BCUT2D eigenvalue weighted by Crippen LogP contribution is 2.36. The van der Waals surface area contributed by atoms with Crippen molar-refractivity contribution in [1.82, 2.24) is 10.2 Å². The van der Waals surface area contributed by atoms with Crippen molar-refractivity contribution < 1.29 is 13.2 Å². The van der Waals surface area contributed by atoms with Gasteiger partial charge in [-0.25, -0.2) is 0 Å². The third-order valence-electron chi connectivity index (χ3n) is 3.92. The van der Waals surface area contributed by atoms with Gasteiger partial charge in [0.05, 0.1) is 5.56 Å². The van der Waals surface area contributed by atoms with Gasteiger partial charge in [-0.2, -0.15) is 13.2 Å². The molecule has 8 heteroatoms. The average molecular weight is 452 g/mol. The summed E-state index contributed by atoms with van der Waals surface area (Å²) in [4.78, 5) is 2.29. The molecule has 1 saturated heterocycles. The first kappa shape index (κ1) is 24.0. The van der Waals surface area contributed by atoms with Crippen molar-refractivity contribution in [1.29, 1.82) is 0 Å². The first-order valence-electron chi connectivity index (χ1n) is 7.60. The molecule has 1 aliphatic heterocycles. The molecule has 1 aromatic carbocycles. The summed E-state index contributed by atoms with van der Waals surface area (Å²) < 4.78 is 39.7. The first-order chi connectivity index (χ1) is 10.3. The second-order valence-corrected chi connectivity index (χ2v) is 7.12. The molecule has 0 radical (unpaired) electrons. The van der Waals surface area contributed by atoms with Crippen LogP contribution in [0.1, 0.15) is 37.4 Å². The monoisotopic (exact) mass is 450 g/mol. The second-order valence-electron chi connectivity index (χ2n) is 6.20. The highest BCUT2D eigenvalue weighted by molar-refractivity contribution is 9.10. The summed E-state index contributed by atoms with van der Waals surface area (Å²) in [6.45, 7) is 7.72. The van der Waals surface area contributed by atoms with Gasteiger partial charge in [-0.15, -0.1) is 24.8 Å². The van der Waals surface area contributed by atoms with E-state index in [2.05, 4.69) is 40.0 Å². The van der Waals surface area contributed by atoms with Crippen molar-refractivity contribution in [2.75, 3.05) is 26.2 Å². The molecule has 2 nitrogen and oxygen atoms in total. The van der Waals surface area contributed by atoms with Gasteiger partial charge < -0.3 is 5.32 Å². The van der Waals surface area contributed by atoms with Crippen LogP contribution < -0.4 is 5.32 Å². The molecule has 1 aromatic rings. The van der Waals surface area contributed by atoms with E-state index in [0.29, 0.717) is 10.4 Å². The number of alkyl halides is 3. The zero-order chi connectivity index (χ0) is 16.3. The molecule has 0 amide bonds. The largest absolute Gasteiger partial charge is 0.416 e. The van der Waals surface area contributed by atoms with Gasteiger partial charge in [0.2, 0.25) is 0 Å². The number of hydrogen-bond acceptors (Lipinski definition) is 2. The Labute approximate surface area is 162 Å². The Morgan fingerprint density at radius 3 is 2.21 bits per heavy atom. The maximum atomic E-state index is 13.1.